The number of hydrogen-bond acceptors (Lipinski definition) is 0. The molecule has 0 saturated heterocycles. The van der Waals surface area contributed by atoms with Gasteiger partial charge in [-0.15, -0.1) is 22.3 Å². The molecular formula is C41H46N2+2. The minimum Gasteiger partial charge on any atom is -0.121 e. The van der Waals surface area contributed by atoms with Crippen molar-refractivity contribution < 1.29 is 9.15 Å². The van der Waals surface area contributed by atoms with Crippen molar-refractivity contribution in [1.82, 2.24) is 0 Å². The fourth-order valence-corrected chi connectivity index (χ4v) is 7.69. The fraction of sp³-hybridized carbons (Fsp3) is 0.317. The summed E-state index contributed by atoms with van der Waals surface area (Å²) >= 11 is 0. The first-order chi connectivity index (χ1) is 20.5. The van der Waals surface area contributed by atoms with Gasteiger partial charge in [-0.05, 0) is 91.4 Å². The van der Waals surface area contributed by atoms with E-state index in [1.165, 1.54) is 78.1 Å². The molecule has 6 rings (SSSR count). The van der Waals surface area contributed by atoms with Gasteiger partial charge < -0.3 is 0 Å². The first-order valence-electron chi connectivity index (χ1n) is 15.9. The Hall–Kier alpha value is -4.04. The van der Waals surface area contributed by atoms with Gasteiger partial charge in [-0.25, -0.2) is 0 Å². The predicted molar refractivity (Wildman–Crippen MR) is 184 cm³/mol. The molecule has 0 aromatic heterocycles. The zero-order chi connectivity index (χ0) is 30.8. The lowest BCUT2D eigenvalue weighted by Gasteiger charge is -2.24. The third-order valence-corrected chi connectivity index (χ3v) is 9.41. The quantitative estimate of drug-likeness (QED) is 0.148. The van der Waals surface area contributed by atoms with Gasteiger partial charge in [-0.1, -0.05) is 64.1 Å². The molecule has 4 aromatic rings. The molecule has 4 aromatic carbocycles. The molecule has 2 heteroatoms. The summed E-state index contributed by atoms with van der Waals surface area (Å²) in [7, 11) is 0. The van der Waals surface area contributed by atoms with Crippen LogP contribution in [0.15, 0.2) is 86.0 Å². The van der Waals surface area contributed by atoms with Crippen LogP contribution in [0.2, 0.25) is 0 Å². The van der Waals surface area contributed by atoms with Gasteiger partial charge >= 0.3 is 5.66 Å². The number of benzene rings is 4. The molecular weight excluding hydrogens is 520 g/mol. The van der Waals surface area contributed by atoms with Gasteiger partial charge in [-0.3, -0.25) is 0 Å². The van der Waals surface area contributed by atoms with E-state index in [2.05, 4.69) is 138 Å². The summed E-state index contributed by atoms with van der Waals surface area (Å²) in [6, 6.07) is 23.2. The molecule has 0 fully saturated rings. The highest BCUT2D eigenvalue weighted by Gasteiger charge is 2.61. The first kappa shape index (κ1) is 29.1. The monoisotopic (exact) mass is 566 g/mol. The van der Waals surface area contributed by atoms with E-state index in [0.717, 1.165) is 12.8 Å². The molecule has 0 N–H and O–H groups in total. The number of aryl methyl sites for hydroxylation is 2. The number of nitrogens with zero attached hydrogens (tertiary/aromatic N) is 2. The summed E-state index contributed by atoms with van der Waals surface area (Å²) < 4.78 is 5.36. The predicted octanol–water partition coefficient (Wildman–Crippen LogP) is 10.2. The molecule has 0 spiro atoms. The first-order valence-corrected chi connectivity index (χ1v) is 15.9. The molecule has 43 heavy (non-hydrogen) atoms. The highest BCUT2D eigenvalue weighted by atomic mass is 15.4. The number of allylic oxidation sites excluding steroid dienone is 2. The van der Waals surface area contributed by atoms with Crippen molar-refractivity contribution in [3.05, 3.63) is 130 Å². The third kappa shape index (κ3) is 4.37. The van der Waals surface area contributed by atoms with Gasteiger partial charge in [-0.2, -0.15) is 0 Å². The highest BCUT2D eigenvalue weighted by molar-refractivity contribution is 6.58. The van der Waals surface area contributed by atoms with E-state index < -0.39 is 0 Å². The minimum atomic E-state index is -0.372. The van der Waals surface area contributed by atoms with Crippen LogP contribution < -0.4 is 0 Å². The second-order valence-electron chi connectivity index (χ2n) is 13.6. The molecule has 218 valence electrons. The summed E-state index contributed by atoms with van der Waals surface area (Å²) in [5, 5.41) is 2.66. The van der Waals surface area contributed by atoms with Crippen LogP contribution in [0.25, 0.3) is 10.8 Å². The van der Waals surface area contributed by atoms with Crippen molar-refractivity contribution in [2.24, 2.45) is 0 Å². The molecule has 0 bridgehead atoms. The van der Waals surface area contributed by atoms with Crippen LogP contribution in [0.3, 0.4) is 0 Å². The van der Waals surface area contributed by atoms with E-state index in [0.29, 0.717) is 11.8 Å². The molecule has 0 unspecified atom stereocenters. The summed E-state index contributed by atoms with van der Waals surface area (Å²) in [5.74, 6) is 0.746. The lowest BCUT2D eigenvalue weighted by atomic mass is 9.91. The van der Waals surface area contributed by atoms with Crippen molar-refractivity contribution >= 4 is 33.6 Å². The molecule has 0 atom stereocenters. The maximum atomic E-state index is 4.03. The van der Waals surface area contributed by atoms with Gasteiger partial charge in [0.25, 0.3) is 11.4 Å². The van der Waals surface area contributed by atoms with Crippen molar-refractivity contribution in [2.45, 2.75) is 85.7 Å². The summed E-state index contributed by atoms with van der Waals surface area (Å²) in [6.45, 7) is 26.8. The standard InChI is InChI=1S/C41H46N2/c1-11-15-29-21-27(7)37(34(23-29)25(3)4)42-39-32-19-13-17-31-18-14-20-33(36(31)32)40(39)43(41(42,9)10)38-28(8)22-30(16-12-2)24-35(38)26(5)6/h11-14,17-26H,1-2,15-16H2,3-10H3/q+2. The zero-order valence-electron chi connectivity index (χ0n) is 27.3. The van der Waals surface area contributed by atoms with E-state index in [9.17, 15) is 0 Å². The van der Waals surface area contributed by atoms with Crippen LogP contribution in [-0.4, -0.2) is 26.2 Å². The molecule has 2 nitrogen and oxygen atoms in total. The maximum absolute atomic E-state index is 4.03. The van der Waals surface area contributed by atoms with Gasteiger partial charge in [0.15, 0.2) is 0 Å². The number of hydrogen-bond donors (Lipinski definition) is 0. The Morgan fingerprint density at radius 2 is 1.09 bits per heavy atom. The topological polar surface area (TPSA) is 6.02 Å². The van der Waals surface area contributed by atoms with E-state index in [1.54, 1.807) is 0 Å². The van der Waals surface area contributed by atoms with Crippen LogP contribution >= 0.6 is 0 Å². The second-order valence-corrected chi connectivity index (χ2v) is 13.6. The van der Waals surface area contributed by atoms with Gasteiger partial charge in [0.1, 0.15) is 0 Å². The Morgan fingerprint density at radius 1 is 0.674 bits per heavy atom. The Labute approximate surface area is 258 Å². The average Bonchev–Trinajstić information content (AvgIpc) is 3.38. The number of rotatable bonds is 8. The Morgan fingerprint density at radius 3 is 1.47 bits per heavy atom. The van der Waals surface area contributed by atoms with E-state index in [4.69, 9.17) is 0 Å². The fourth-order valence-electron chi connectivity index (χ4n) is 7.69. The van der Waals surface area contributed by atoms with Crippen LogP contribution in [0.1, 0.15) is 97.9 Å². The Kier molecular flexibility index (Phi) is 7.16. The molecule has 1 heterocycles. The Balaban J connectivity index is 1.78. The third-order valence-electron chi connectivity index (χ3n) is 9.41. The molecule has 0 amide bonds. The largest absolute Gasteiger partial charge is 0.357 e. The van der Waals surface area contributed by atoms with Crippen molar-refractivity contribution in [1.29, 1.82) is 0 Å². The smallest absolute Gasteiger partial charge is 0.121 e. The normalized spacial score (nSPS) is 15.3. The SMILES string of the molecule is C=CCc1cc(C)c([N+]2=C3C(=[N+](c4c(C)cc(CC=C)cc4C(C)C)C2(C)C)c2cccc4cccc3c24)c(C(C)C)c1. The van der Waals surface area contributed by atoms with Crippen molar-refractivity contribution in [3.63, 3.8) is 0 Å². The van der Waals surface area contributed by atoms with Gasteiger partial charge in [0, 0.05) is 27.6 Å². The lowest BCUT2D eigenvalue weighted by molar-refractivity contribution is -0.740. The van der Waals surface area contributed by atoms with Gasteiger partial charge in [0.05, 0.1) is 25.0 Å². The van der Waals surface area contributed by atoms with Crippen LogP contribution in [-0.2, 0) is 12.8 Å². The van der Waals surface area contributed by atoms with Crippen molar-refractivity contribution in [3.8, 4) is 0 Å². The summed E-state index contributed by atoms with van der Waals surface area (Å²) in [4.78, 5) is 0. The van der Waals surface area contributed by atoms with Crippen LogP contribution in [0, 0.1) is 13.8 Å². The maximum Gasteiger partial charge on any atom is 0.357 e. The highest BCUT2D eigenvalue weighted by Crippen LogP contribution is 2.47. The molecule has 1 aliphatic heterocycles. The summed E-state index contributed by atoms with van der Waals surface area (Å²) in [6.07, 6.45) is 5.79. The molecule has 2 aliphatic rings. The Bertz CT molecular complexity index is 1760. The van der Waals surface area contributed by atoms with E-state index in [-0.39, 0.29) is 5.66 Å². The van der Waals surface area contributed by atoms with Crippen LogP contribution in [0.4, 0.5) is 11.4 Å². The van der Waals surface area contributed by atoms with Crippen molar-refractivity contribution in [2.75, 3.05) is 0 Å². The number of fused-ring (bicyclic) bond motifs is 3. The minimum absolute atomic E-state index is 0.372. The molecule has 0 saturated carbocycles. The average molecular weight is 567 g/mol. The van der Waals surface area contributed by atoms with Gasteiger partial charge in [0.2, 0.25) is 11.4 Å². The summed E-state index contributed by atoms with van der Waals surface area (Å²) in [5.41, 5.74) is 15.7. The molecule has 1 aliphatic carbocycles. The van der Waals surface area contributed by atoms with E-state index >= 15 is 0 Å². The van der Waals surface area contributed by atoms with Crippen LogP contribution in [0.5, 0.6) is 0 Å². The van der Waals surface area contributed by atoms with E-state index in [1.807, 2.05) is 12.2 Å². The zero-order valence-corrected chi connectivity index (χ0v) is 27.3. The second kappa shape index (κ2) is 10.6. The molecule has 0 radical (unpaired) electrons. The lowest BCUT2D eigenvalue weighted by Crippen LogP contribution is -2.41.